The molecular weight excluding hydrogens is 516 g/mol. The van der Waals surface area contributed by atoms with Crippen LogP contribution in [0.2, 0.25) is 0 Å². The summed E-state index contributed by atoms with van der Waals surface area (Å²) < 4.78 is 22.5. The number of halogens is 1. The van der Waals surface area contributed by atoms with E-state index in [1.807, 2.05) is 32.3 Å². The third kappa shape index (κ3) is 3.92. The average Bonchev–Trinajstić information content (AvgIpc) is 3.66. The Labute approximate surface area is 227 Å². The van der Waals surface area contributed by atoms with E-state index in [1.54, 1.807) is 6.07 Å². The van der Waals surface area contributed by atoms with Crippen molar-refractivity contribution in [3.05, 3.63) is 58.0 Å². The topological polar surface area (TPSA) is 74.4 Å². The van der Waals surface area contributed by atoms with Crippen molar-refractivity contribution in [1.82, 2.24) is 9.97 Å². The largest absolute Gasteiger partial charge is 0.372 e. The first-order chi connectivity index (χ1) is 18.4. The number of allylic oxidation sites excluding steroid dienone is 1. The molecule has 9 heteroatoms. The molecule has 0 N–H and O–H groups in total. The van der Waals surface area contributed by atoms with Gasteiger partial charge in [0.25, 0.3) is 0 Å². The van der Waals surface area contributed by atoms with Gasteiger partial charge in [0.05, 0.1) is 24.3 Å². The Hall–Kier alpha value is -3.24. The molecule has 0 bridgehead atoms. The molecule has 2 aliphatic rings. The summed E-state index contributed by atoms with van der Waals surface area (Å²) in [7, 11) is 2.80. The number of nitriles is 1. The van der Waals surface area contributed by atoms with Crippen molar-refractivity contribution in [1.29, 1.82) is 5.26 Å². The van der Waals surface area contributed by atoms with E-state index in [4.69, 9.17) is 14.7 Å². The molecule has 1 fully saturated rings. The van der Waals surface area contributed by atoms with Crippen molar-refractivity contribution in [2.24, 2.45) is 10.9 Å². The summed E-state index contributed by atoms with van der Waals surface area (Å²) in [6.45, 7) is 8.40. The van der Waals surface area contributed by atoms with Gasteiger partial charge in [0.1, 0.15) is 11.9 Å². The van der Waals surface area contributed by atoms with Crippen molar-refractivity contribution in [3.63, 3.8) is 0 Å². The van der Waals surface area contributed by atoms with Gasteiger partial charge in [-0.3, -0.25) is 4.99 Å². The highest BCUT2D eigenvalue weighted by Gasteiger charge is 2.30. The minimum Gasteiger partial charge on any atom is -0.372 e. The van der Waals surface area contributed by atoms with E-state index >= 15 is 4.39 Å². The molecule has 4 aromatic rings. The number of aromatic nitrogens is 2. The highest BCUT2D eigenvalue weighted by Crippen LogP contribution is 2.44. The monoisotopic (exact) mass is 543 g/mol. The molecule has 2 atom stereocenters. The Kier molecular flexibility index (Phi) is 6.47. The molecule has 2 unspecified atom stereocenters. The number of benzene rings is 2. The first kappa shape index (κ1) is 25.1. The van der Waals surface area contributed by atoms with Crippen molar-refractivity contribution in [3.8, 4) is 17.2 Å². The molecule has 2 aromatic carbocycles. The molecule has 0 radical (unpaired) electrons. The maximum absolute atomic E-state index is 15.7. The van der Waals surface area contributed by atoms with Crippen LogP contribution in [0.25, 0.3) is 32.1 Å². The molecule has 38 heavy (non-hydrogen) atoms. The molecule has 192 valence electrons. The quantitative estimate of drug-likeness (QED) is 0.227. The third-order valence-electron chi connectivity index (χ3n) is 7.62. The number of hydrogen-bond acceptors (Lipinski definition) is 7. The number of anilines is 1. The van der Waals surface area contributed by atoms with Gasteiger partial charge in [-0.15, -0.1) is 20.6 Å². The maximum Gasteiger partial charge on any atom is 0.225 e. The number of nitrogens with zero attached hydrogens (tertiary/aromatic N) is 5. The zero-order valence-corrected chi connectivity index (χ0v) is 23.5. The van der Waals surface area contributed by atoms with E-state index in [2.05, 4.69) is 32.1 Å². The second-order valence-corrected chi connectivity index (χ2v) is 11.6. The Bertz CT molecular complexity index is 1720. The standard InChI is InChI=1S/C29H27FN5OPS/c1-4-8-32-15(2)17-7-9-35(12-17)29-33-11-19-20-13-36-14-21(20)25(28(37)27(19)34-29)26-22(30)5-6-23-24(26)18(10-31)16(3)38-23/h4-6,8,11,17H,7,9,12-14,37H2,1-3H3/b8-4-,32-15?. The summed E-state index contributed by atoms with van der Waals surface area (Å²) in [5.74, 6) is 0.662. The van der Waals surface area contributed by atoms with E-state index in [-0.39, 0.29) is 5.82 Å². The summed E-state index contributed by atoms with van der Waals surface area (Å²) in [4.78, 5) is 17.4. The summed E-state index contributed by atoms with van der Waals surface area (Å²) in [5, 5.41) is 12.3. The van der Waals surface area contributed by atoms with Gasteiger partial charge in [0.15, 0.2) is 0 Å². The van der Waals surface area contributed by atoms with Gasteiger partial charge in [-0.2, -0.15) is 5.26 Å². The molecular formula is C29H27FN5OPS. The predicted octanol–water partition coefficient (Wildman–Crippen LogP) is 6.18. The van der Waals surface area contributed by atoms with E-state index in [9.17, 15) is 5.26 Å². The van der Waals surface area contributed by atoms with Crippen LogP contribution in [0, 0.1) is 30.0 Å². The smallest absolute Gasteiger partial charge is 0.225 e. The second-order valence-electron chi connectivity index (χ2n) is 9.80. The van der Waals surface area contributed by atoms with E-state index in [1.165, 1.54) is 17.4 Å². The fourth-order valence-corrected chi connectivity index (χ4v) is 7.21. The molecule has 0 saturated carbocycles. The number of fused-ring (bicyclic) bond motifs is 4. The van der Waals surface area contributed by atoms with E-state index in [0.717, 1.165) is 67.7 Å². The average molecular weight is 544 g/mol. The predicted molar refractivity (Wildman–Crippen MR) is 156 cm³/mol. The number of aliphatic imine (C=N–C) groups is 1. The molecule has 2 aromatic heterocycles. The van der Waals surface area contributed by atoms with Crippen LogP contribution in [0.3, 0.4) is 0 Å². The highest BCUT2D eigenvalue weighted by atomic mass is 32.1. The summed E-state index contributed by atoms with van der Waals surface area (Å²) in [5.41, 5.74) is 5.54. The molecule has 6 rings (SSSR count). The van der Waals surface area contributed by atoms with Crippen LogP contribution in [0.4, 0.5) is 10.3 Å². The summed E-state index contributed by atoms with van der Waals surface area (Å²) in [6, 6.07) is 5.57. The van der Waals surface area contributed by atoms with Crippen LogP contribution in [-0.4, -0.2) is 28.8 Å². The van der Waals surface area contributed by atoms with Crippen molar-refractivity contribution in [2.45, 2.75) is 40.4 Å². The zero-order chi connectivity index (χ0) is 26.6. The Morgan fingerprint density at radius 2 is 2.13 bits per heavy atom. The van der Waals surface area contributed by atoms with Gasteiger partial charge in [-0.25, -0.2) is 14.4 Å². The molecule has 0 amide bonds. The molecule has 0 spiro atoms. The first-order valence-corrected chi connectivity index (χ1v) is 14.0. The van der Waals surface area contributed by atoms with Gasteiger partial charge in [0.2, 0.25) is 5.95 Å². The zero-order valence-electron chi connectivity index (χ0n) is 21.5. The lowest BCUT2D eigenvalue weighted by atomic mass is 9.90. The van der Waals surface area contributed by atoms with Crippen LogP contribution >= 0.6 is 20.6 Å². The first-order valence-electron chi connectivity index (χ1n) is 12.6. The second kappa shape index (κ2) is 9.81. The van der Waals surface area contributed by atoms with Crippen LogP contribution < -0.4 is 10.2 Å². The molecule has 0 aliphatic carbocycles. The lowest BCUT2D eigenvalue weighted by molar-refractivity contribution is 0.135. The van der Waals surface area contributed by atoms with Crippen LogP contribution in [0.15, 0.2) is 35.6 Å². The third-order valence-corrected chi connectivity index (χ3v) is 9.25. The molecule has 2 aliphatic heterocycles. The van der Waals surface area contributed by atoms with Gasteiger partial charge in [0, 0.05) is 73.9 Å². The number of aryl methyl sites for hydroxylation is 1. The number of hydrogen-bond donors (Lipinski definition) is 0. The fourth-order valence-electron chi connectivity index (χ4n) is 5.65. The number of ether oxygens (including phenoxy) is 1. The van der Waals surface area contributed by atoms with Crippen LogP contribution in [0.5, 0.6) is 0 Å². The van der Waals surface area contributed by atoms with E-state index < -0.39 is 0 Å². The Morgan fingerprint density at radius 1 is 1.32 bits per heavy atom. The van der Waals surface area contributed by atoms with Gasteiger partial charge in [-0.05, 0) is 50.5 Å². The van der Waals surface area contributed by atoms with Crippen molar-refractivity contribution < 1.29 is 9.13 Å². The fraction of sp³-hybridized carbons (Fsp3) is 0.310. The minimum atomic E-state index is -0.350. The highest BCUT2D eigenvalue weighted by molar-refractivity contribution is 7.29. The molecule has 1 saturated heterocycles. The Balaban J connectivity index is 1.53. The van der Waals surface area contributed by atoms with Crippen LogP contribution in [0.1, 0.15) is 41.8 Å². The van der Waals surface area contributed by atoms with Gasteiger partial charge >= 0.3 is 0 Å². The normalized spacial score (nSPS) is 17.7. The van der Waals surface area contributed by atoms with Crippen molar-refractivity contribution >= 4 is 58.5 Å². The number of thiophene rings is 1. The molecule has 4 heterocycles. The van der Waals surface area contributed by atoms with Gasteiger partial charge < -0.3 is 9.64 Å². The number of rotatable bonds is 4. The lowest BCUT2D eigenvalue weighted by Gasteiger charge is -2.20. The van der Waals surface area contributed by atoms with E-state index in [0.29, 0.717) is 41.6 Å². The van der Waals surface area contributed by atoms with Gasteiger partial charge in [-0.1, -0.05) is 6.08 Å². The Morgan fingerprint density at radius 3 is 2.92 bits per heavy atom. The maximum atomic E-state index is 15.7. The molecule has 6 nitrogen and oxygen atoms in total. The minimum absolute atomic E-state index is 0.350. The summed E-state index contributed by atoms with van der Waals surface area (Å²) >= 11 is 1.52. The lowest BCUT2D eigenvalue weighted by Crippen LogP contribution is -2.24. The summed E-state index contributed by atoms with van der Waals surface area (Å²) in [6.07, 6.45) is 6.64. The van der Waals surface area contributed by atoms with Crippen LogP contribution in [-0.2, 0) is 18.0 Å². The SMILES string of the molecule is C/C=C\N=C(C)C1CCN(c2ncc3c4c(c(-c5c(F)ccc6sc(C)c(C#N)c56)c(P)c3n2)COC4)C1. The van der Waals surface area contributed by atoms with Crippen molar-refractivity contribution in [2.75, 3.05) is 18.0 Å².